The second-order valence-electron chi connectivity index (χ2n) is 8.03. The van der Waals surface area contributed by atoms with Gasteiger partial charge in [0.2, 0.25) is 0 Å². The predicted molar refractivity (Wildman–Crippen MR) is 109 cm³/mol. The standard InChI is InChI=1S/C24H24O4/c1-6-18(25)27-22-16-9-7-8-13(4)19(16)23(28-24(26)12(2)3)20-15-10-14(5)17(11-15)21(20)22/h6-9,14-15,17H,1-2,10-11H2,3-5H3. The van der Waals surface area contributed by atoms with Gasteiger partial charge in [0.15, 0.2) is 0 Å². The van der Waals surface area contributed by atoms with Crippen LogP contribution >= 0.6 is 0 Å². The molecule has 144 valence electrons. The van der Waals surface area contributed by atoms with E-state index in [9.17, 15) is 9.59 Å². The molecule has 0 radical (unpaired) electrons. The van der Waals surface area contributed by atoms with Crippen molar-refractivity contribution in [3.8, 4) is 11.5 Å². The molecule has 0 aliphatic heterocycles. The Balaban J connectivity index is 2.07. The average Bonchev–Trinajstić information content (AvgIpc) is 3.21. The molecule has 1 saturated carbocycles. The van der Waals surface area contributed by atoms with Crippen LogP contribution in [0.1, 0.15) is 55.2 Å². The molecule has 28 heavy (non-hydrogen) atoms. The monoisotopic (exact) mass is 376 g/mol. The van der Waals surface area contributed by atoms with Gasteiger partial charge in [0.1, 0.15) is 11.5 Å². The minimum Gasteiger partial charge on any atom is -0.422 e. The van der Waals surface area contributed by atoms with Crippen molar-refractivity contribution in [3.63, 3.8) is 0 Å². The number of benzene rings is 2. The summed E-state index contributed by atoms with van der Waals surface area (Å²) in [6, 6.07) is 5.82. The van der Waals surface area contributed by atoms with Crippen molar-refractivity contribution in [2.24, 2.45) is 5.92 Å². The largest absolute Gasteiger partial charge is 0.422 e. The van der Waals surface area contributed by atoms with Gasteiger partial charge >= 0.3 is 11.9 Å². The van der Waals surface area contributed by atoms with E-state index in [1.165, 1.54) is 6.08 Å². The molecule has 2 aromatic rings. The zero-order chi connectivity index (χ0) is 20.2. The van der Waals surface area contributed by atoms with Crippen molar-refractivity contribution in [2.75, 3.05) is 0 Å². The molecule has 2 aliphatic rings. The molecule has 0 saturated heterocycles. The van der Waals surface area contributed by atoms with Gasteiger partial charge in [0.25, 0.3) is 0 Å². The molecule has 2 aromatic carbocycles. The molecule has 2 bridgehead atoms. The maximum Gasteiger partial charge on any atom is 0.338 e. The minimum atomic E-state index is -0.480. The summed E-state index contributed by atoms with van der Waals surface area (Å²) in [7, 11) is 0. The highest BCUT2D eigenvalue weighted by Gasteiger charge is 2.47. The lowest BCUT2D eigenvalue weighted by Crippen LogP contribution is -2.16. The normalized spacial score (nSPS) is 22.0. The fraction of sp³-hybridized carbons (Fsp3) is 0.333. The Kier molecular flexibility index (Phi) is 4.37. The van der Waals surface area contributed by atoms with Crippen molar-refractivity contribution < 1.29 is 19.1 Å². The van der Waals surface area contributed by atoms with E-state index >= 15 is 0 Å². The van der Waals surface area contributed by atoms with Gasteiger partial charge in [-0.25, -0.2) is 9.59 Å². The summed E-state index contributed by atoms with van der Waals surface area (Å²) in [5.74, 6) is 1.37. The summed E-state index contributed by atoms with van der Waals surface area (Å²) in [6.07, 6.45) is 3.21. The SMILES string of the molecule is C=CC(=O)Oc1c2c(c(OC(=O)C(=C)C)c3c(C)cccc13)C1CC(C)C2C1. The maximum atomic E-state index is 12.4. The average molecular weight is 376 g/mol. The number of esters is 2. The number of hydrogen-bond donors (Lipinski definition) is 0. The Morgan fingerprint density at radius 1 is 1.14 bits per heavy atom. The highest BCUT2D eigenvalue weighted by atomic mass is 16.5. The summed E-state index contributed by atoms with van der Waals surface area (Å²) < 4.78 is 11.7. The first-order chi connectivity index (χ1) is 13.3. The van der Waals surface area contributed by atoms with Gasteiger partial charge in [-0.3, -0.25) is 0 Å². The predicted octanol–water partition coefficient (Wildman–Crippen LogP) is 5.33. The lowest BCUT2D eigenvalue weighted by Gasteiger charge is -2.27. The van der Waals surface area contributed by atoms with Crippen molar-refractivity contribution in [3.05, 3.63) is 59.7 Å². The van der Waals surface area contributed by atoms with Crippen LogP contribution in [0.25, 0.3) is 10.8 Å². The third-order valence-electron chi connectivity index (χ3n) is 6.10. The van der Waals surface area contributed by atoms with E-state index in [1.807, 2.05) is 25.1 Å². The number of carbonyl (C=O) groups excluding carboxylic acids is 2. The van der Waals surface area contributed by atoms with Crippen LogP contribution in [0.3, 0.4) is 0 Å². The molecular weight excluding hydrogens is 352 g/mol. The van der Waals surface area contributed by atoms with Crippen LogP contribution in [0.5, 0.6) is 11.5 Å². The minimum absolute atomic E-state index is 0.291. The number of aryl methyl sites for hydroxylation is 1. The first-order valence-corrected chi connectivity index (χ1v) is 9.64. The molecule has 2 aliphatic carbocycles. The third-order valence-corrected chi connectivity index (χ3v) is 6.10. The fourth-order valence-corrected chi connectivity index (χ4v) is 4.88. The zero-order valence-corrected chi connectivity index (χ0v) is 16.5. The van der Waals surface area contributed by atoms with Gasteiger partial charge in [-0.15, -0.1) is 0 Å². The van der Waals surface area contributed by atoms with Crippen LogP contribution in [-0.4, -0.2) is 11.9 Å². The van der Waals surface area contributed by atoms with Gasteiger partial charge in [0, 0.05) is 33.5 Å². The molecule has 4 heteroatoms. The van der Waals surface area contributed by atoms with Crippen LogP contribution in [0, 0.1) is 12.8 Å². The van der Waals surface area contributed by atoms with Gasteiger partial charge < -0.3 is 9.47 Å². The lowest BCUT2D eigenvalue weighted by molar-refractivity contribution is -0.130. The third kappa shape index (κ3) is 2.67. The number of hydrogen-bond acceptors (Lipinski definition) is 4. The molecule has 4 nitrogen and oxygen atoms in total. The summed E-state index contributed by atoms with van der Waals surface area (Å²) in [6.45, 7) is 13.1. The van der Waals surface area contributed by atoms with Crippen LogP contribution in [0.15, 0.2) is 43.0 Å². The molecule has 4 rings (SSSR count). The summed E-state index contributed by atoms with van der Waals surface area (Å²) in [5, 5.41) is 1.61. The fourth-order valence-electron chi connectivity index (χ4n) is 4.88. The Morgan fingerprint density at radius 2 is 1.89 bits per heavy atom. The topological polar surface area (TPSA) is 52.6 Å². The van der Waals surface area contributed by atoms with Crippen LogP contribution in [0.4, 0.5) is 0 Å². The molecule has 0 aromatic heterocycles. The summed E-state index contributed by atoms with van der Waals surface area (Å²) >= 11 is 0. The van der Waals surface area contributed by atoms with E-state index in [1.54, 1.807) is 6.92 Å². The van der Waals surface area contributed by atoms with E-state index in [2.05, 4.69) is 20.1 Å². The van der Waals surface area contributed by atoms with Crippen molar-refractivity contribution >= 4 is 22.7 Å². The maximum absolute atomic E-state index is 12.4. The van der Waals surface area contributed by atoms with Crippen molar-refractivity contribution in [1.82, 2.24) is 0 Å². The molecule has 3 unspecified atom stereocenters. The zero-order valence-electron chi connectivity index (χ0n) is 16.5. The number of fused-ring (bicyclic) bond motifs is 6. The lowest BCUT2D eigenvalue weighted by atomic mass is 9.81. The van der Waals surface area contributed by atoms with Crippen LogP contribution < -0.4 is 9.47 Å². The quantitative estimate of drug-likeness (QED) is 0.411. The molecule has 0 N–H and O–H groups in total. The molecule has 0 spiro atoms. The van der Waals surface area contributed by atoms with Crippen LogP contribution in [-0.2, 0) is 9.59 Å². The van der Waals surface area contributed by atoms with Crippen molar-refractivity contribution in [2.45, 2.75) is 45.4 Å². The van der Waals surface area contributed by atoms with E-state index < -0.39 is 11.9 Å². The smallest absolute Gasteiger partial charge is 0.338 e. The molecular formula is C24H24O4. The first kappa shape index (κ1) is 18.5. The van der Waals surface area contributed by atoms with Crippen LogP contribution in [0.2, 0.25) is 0 Å². The molecule has 1 fully saturated rings. The number of carbonyl (C=O) groups is 2. The summed E-state index contributed by atoms with van der Waals surface area (Å²) in [4.78, 5) is 24.5. The Hall–Kier alpha value is -2.88. The van der Waals surface area contributed by atoms with Gasteiger partial charge in [-0.2, -0.15) is 0 Å². The molecule has 3 atom stereocenters. The van der Waals surface area contributed by atoms with Gasteiger partial charge in [-0.05, 0) is 50.0 Å². The Bertz CT molecular complexity index is 1050. The van der Waals surface area contributed by atoms with E-state index in [-0.39, 0.29) is 0 Å². The van der Waals surface area contributed by atoms with Gasteiger partial charge in [0.05, 0.1) is 0 Å². The molecule has 0 amide bonds. The number of rotatable bonds is 4. The molecule has 0 heterocycles. The van der Waals surface area contributed by atoms with Gasteiger partial charge in [-0.1, -0.05) is 38.3 Å². The Labute approximate surface area is 164 Å². The highest BCUT2D eigenvalue weighted by molar-refractivity contribution is 6.03. The second-order valence-corrected chi connectivity index (χ2v) is 8.03. The summed E-state index contributed by atoms with van der Waals surface area (Å²) in [5.41, 5.74) is 3.36. The first-order valence-electron chi connectivity index (χ1n) is 9.64. The number of ether oxygens (including phenoxy) is 2. The Morgan fingerprint density at radius 3 is 2.57 bits per heavy atom. The van der Waals surface area contributed by atoms with E-state index in [4.69, 9.17) is 9.47 Å². The van der Waals surface area contributed by atoms with E-state index in [0.29, 0.717) is 34.8 Å². The van der Waals surface area contributed by atoms with E-state index in [0.717, 1.165) is 40.3 Å². The highest BCUT2D eigenvalue weighted by Crippen LogP contribution is 2.63. The van der Waals surface area contributed by atoms with Crippen molar-refractivity contribution in [1.29, 1.82) is 0 Å². The second kappa shape index (κ2) is 6.62.